The van der Waals surface area contributed by atoms with Crippen molar-refractivity contribution in [2.24, 2.45) is 0 Å². The average molecular weight is 1040 g/mol. The van der Waals surface area contributed by atoms with Gasteiger partial charge in [-0.05, 0) is 156 Å². The second-order valence-electron chi connectivity index (χ2n) is 20.6. The van der Waals surface area contributed by atoms with Gasteiger partial charge in [0.2, 0.25) is 0 Å². The first-order chi connectivity index (χ1) is 36.8. The van der Waals surface area contributed by atoms with Gasteiger partial charge < -0.3 is 29.5 Å². The van der Waals surface area contributed by atoms with Gasteiger partial charge in [-0.25, -0.2) is 0 Å². The van der Waals surface area contributed by atoms with Gasteiger partial charge in [0, 0.05) is 22.0 Å². The summed E-state index contributed by atoms with van der Waals surface area (Å²) in [5, 5.41) is 30.6. The molecule has 0 aromatic heterocycles. The van der Waals surface area contributed by atoms with Gasteiger partial charge in [-0.1, -0.05) is 177 Å². The molecule has 0 spiro atoms. The number of aliphatic hydroxyl groups is 2. The Balaban J connectivity index is 0.000000284. The normalized spacial score (nSPS) is 12.1. The van der Waals surface area contributed by atoms with Crippen molar-refractivity contribution >= 4 is 24.1 Å². The summed E-state index contributed by atoms with van der Waals surface area (Å²) in [5.74, 6) is 0.378. The molecule has 6 aromatic carbocycles. The van der Waals surface area contributed by atoms with E-state index in [9.17, 15) is 24.9 Å². The third-order valence-corrected chi connectivity index (χ3v) is 16.6. The summed E-state index contributed by atoms with van der Waals surface area (Å²) in [6.07, 6.45) is 14.8. The molecule has 0 aliphatic carbocycles. The van der Waals surface area contributed by atoms with E-state index in [-0.39, 0.29) is 29.6 Å². The van der Waals surface area contributed by atoms with Crippen LogP contribution >= 0.6 is 0 Å². The molecule has 0 amide bonds. The first-order valence-electron chi connectivity index (χ1n) is 27.7. The fourth-order valence-electron chi connectivity index (χ4n) is 10.8. The van der Waals surface area contributed by atoms with Crippen molar-refractivity contribution in [3.05, 3.63) is 189 Å². The molecule has 0 aliphatic rings. The number of carboxylic acids is 1. The number of ether oxygens (including phenoxy) is 3. The van der Waals surface area contributed by atoms with Crippen molar-refractivity contribution in [1.29, 1.82) is 0 Å². The predicted molar refractivity (Wildman–Crippen MR) is 318 cm³/mol. The fourth-order valence-corrected chi connectivity index (χ4v) is 10.8. The van der Waals surface area contributed by atoms with E-state index in [1.807, 2.05) is 76.3 Å². The van der Waals surface area contributed by atoms with E-state index in [0.29, 0.717) is 25.7 Å². The summed E-state index contributed by atoms with van der Waals surface area (Å²) < 4.78 is 16.1. The molecule has 410 valence electrons. The third-order valence-electron chi connectivity index (χ3n) is 16.6. The molecule has 0 saturated heterocycles. The monoisotopic (exact) mass is 1040 g/mol. The number of carbonyl (C=O) groups excluding carboxylic acids is 1. The molecule has 0 saturated carbocycles. The Bertz CT molecular complexity index is 2940. The van der Waals surface area contributed by atoms with E-state index in [1.165, 1.54) is 40.5 Å². The standard InChI is InChI=1S/C35H44O4.C34H42O4/c1-8-34(37,9-2)21-20-27-13-18-30(22-25(27)5)35(10-3,11-4)29-16-14-28(15-17-29)31-23-26(24-33(36)39-7)12-19-32(31)38-6;1-7-33(37,8-2)20-19-26-12-17-29(21-24(26)5)34(9-3,10-4)28-15-13-27(14-16-28)30-22-25(23-32(35)36)11-18-31(30)38-6/h12-23,37H,8-11,24H2,1-7H3;11-22,37H,7-10,23H2,1-6H3,(H,35,36)/b21-20+;20-19+. The van der Waals surface area contributed by atoms with Crippen molar-refractivity contribution in [3.63, 3.8) is 0 Å². The maximum Gasteiger partial charge on any atom is 0.309 e. The van der Waals surface area contributed by atoms with Crippen LogP contribution in [0.2, 0.25) is 0 Å². The molecule has 0 atom stereocenters. The summed E-state index contributed by atoms with van der Waals surface area (Å²) in [4.78, 5) is 23.1. The Labute approximate surface area is 460 Å². The lowest BCUT2D eigenvalue weighted by Crippen LogP contribution is -2.26. The highest BCUT2D eigenvalue weighted by Crippen LogP contribution is 2.43. The molecular formula is C69H86O8. The summed E-state index contributed by atoms with van der Waals surface area (Å²) in [6, 6.07) is 42.1. The van der Waals surface area contributed by atoms with Gasteiger partial charge in [-0.2, -0.15) is 0 Å². The lowest BCUT2D eigenvalue weighted by Gasteiger charge is -2.34. The van der Waals surface area contributed by atoms with Crippen LogP contribution in [0.15, 0.2) is 133 Å². The molecule has 8 nitrogen and oxygen atoms in total. The van der Waals surface area contributed by atoms with Crippen LogP contribution in [0.1, 0.15) is 162 Å². The number of carbonyl (C=O) groups is 2. The summed E-state index contributed by atoms with van der Waals surface area (Å²) in [7, 11) is 4.71. The number of rotatable bonds is 24. The van der Waals surface area contributed by atoms with Gasteiger partial charge in [0.05, 0.1) is 45.4 Å². The van der Waals surface area contributed by atoms with E-state index in [4.69, 9.17) is 14.2 Å². The van der Waals surface area contributed by atoms with E-state index in [1.54, 1.807) is 20.3 Å². The number of benzene rings is 6. The number of hydrogen-bond donors (Lipinski definition) is 3. The molecule has 77 heavy (non-hydrogen) atoms. The molecule has 0 aliphatic heterocycles. The Hall–Kier alpha value is -6.74. The molecule has 0 radical (unpaired) electrons. The zero-order chi connectivity index (χ0) is 56.6. The number of aryl methyl sites for hydroxylation is 2. The number of hydrogen-bond acceptors (Lipinski definition) is 7. The van der Waals surface area contributed by atoms with Crippen molar-refractivity contribution in [3.8, 4) is 33.8 Å². The summed E-state index contributed by atoms with van der Waals surface area (Å²) in [5.41, 5.74) is 13.5. The highest BCUT2D eigenvalue weighted by atomic mass is 16.5. The van der Waals surface area contributed by atoms with Gasteiger partial charge in [-0.15, -0.1) is 0 Å². The summed E-state index contributed by atoms with van der Waals surface area (Å²) >= 11 is 0. The second kappa shape index (κ2) is 27.5. The lowest BCUT2D eigenvalue weighted by molar-refractivity contribution is -0.140. The Morgan fingerprint density at radius 3 is 1.10 bits per heavy atom. The molecular weight excluding hydrogens is 957 g/mol. The van der Waals surface area contributed by atoms with Crippen molar-refractivity contribution in [2.45, 2.75) is 155 Å². The van der Waals surface area contributed by atoms with E-state index in [2.05, 4.69) is 133 Å². The fraction of sp³-hybridized carbons (Fsp3) is 0.391. The Morgan fingerprint density at radius 1 is 0.455 bits per heavy atom. The van der Waals surface area contributed by atoms with Crippen LogP contribution < -0.4 is 9.47 Å². The third kappa shape index (κ3) is 14.4. The van der Waals surface area contributed by atoms with Gasteiger partial charge in [0.25, 0.3) is 0 Å². The van der Waals surface area contributed by atoms with E-state index < -0.39 is 17.2 Å². The van der Waals surface area contributed by atoms with Crippen LogP contribution in [0.25, 0.3) is 34.4 Å². The number of aliphatic carboxylic acids is 1. The van der Waals surface area contributed by atoms with E-state index >= 15 is 0 Å². The minimum absolute atomic E-state index is 0.0232. The predicted octanol–water partition coefficient (Wildman–Crippen LogP) is 16.0. The van der Waals surface area contributed by atoms with Gasteiger partial charge in [0.1, 0.15) is 11.5 Å². The average Bonchev–Trinajstić information content (AvgIpc) is 3.46. The smallest absolute Gasteiger partial charge is 0.309 e. The van der Waals surface area contributed by atoms with Crippen LogP contribution in [0.4, 0.5) is 0 Å². The minimum Gasteiger partial charge on any atom is -0.496 e. The van der Waals surface area contributed by atoms with Crippen molar-refractivity contribution in [2.75, 3.05) is 21.3 Å². The highest BCUT2D eigenvalue weighted by molar-refractivity contribution is 5.77. The number of methoxy groups -OCH3 is 3. The molecule has 8 heteroatoms. The Morgan fingerprint density at radius 2 is 0.805 bits per heavy atom. The maximum atomic E-state index is 11.8. The molecule has 6 rings (SSSR count). The lowest BCUT2D eigenvalue weighted by atomic mass is 9.70. The minimum atomic E-state index is -0.852. The summed E-state index contributed by atoms with van der Waals surface area (Å²) in [6.45, 7) is 21.3. The first kappa shape index (κ1) is 61.1. The van der Waals surface area contributed by atoms with Crippen LogP contribution in [-0.2, 0) is 38.0 Å². The number of esters is 1. The Kier molecular flexibility index (Phi) is 21.9. The molecule has 6 aromatic rings. The van der Waals surface area contributed by atoms with Crippen LogP contribution in [0, 0.1) is 13.8 Å². The molecule has 0 fully saturated rings. The van der Waals surface area contributed by atoms with E-state index in [0.717, 1.165) is 81.7 Å². The van der Waals surface area contributed by atoms with Gasteiger partial charge in [0.15, 0.2) is 0 Å². The first-order valence-corrected chi connectivity index (χ1v) is 27.7. The van der Waals surface area contributed by atoms with Crippen LogP contribution in [0.5, 0.6) is 11.5 Å². The largest absolute Gasteiger partial charge is 0.496 e. The second-order valence-corrected chi connectivity index (χ2v) is 20.6. The SMILES string of the molecule is CCC(O)(/C=C/c1ccc(C(CC)(CC)c2ccc(-c3cc(CC(=O)O)ccc3OC)cc2)cc1C)CC.CCC(O)(/C=C/c1ccc(C(CC)(CC)c2ccc(-c3cc(CC(=O)OC)ccc3OC)cc2)cc1C)CC. The van der Waals surface area contributed by atoms with Crippen molar-refractivity contribution < 1.29 is 39.1 Å². The molecule has 0 heterocycles. The molecule has 0 bridgehead atoms. The molecule has 3 N–H and O–H groups in total. The quantitative estimate of drug-likeness (QED) is 0.0513. The van der Waals surface area contributed by atoms with Crippen molar-refractivity contribution in [1.82, 2.24) is 0 Å². The zero-order valence-electron chi connectivity index (χ0n) is 48.3. The zero-order valence-corrected chi connectivity index (χ0v) is 48.3. The number of carboxylic acid groups (broad SMARTS) is 1. The van der Waals surface area contributed by atoms with Gasteiger partial charge in [-0.3, -0.25) is 9.59 Å². The maximum absolute atomic E-state index is 11.8. The topological polar surface area (TPSA) is 123 Å². The van der Waals surface area contributed by atoms with Crippen LogP contribution in [-0.4, -0.2) is 59.8 Å². The highest BCUT2D eigenvalue weighted by Gasteiger charge is 2.33. The molecule has 0 unspecified atom stereocenters. The van der Waals surface area contributed by atoms with Crippen LogP contribution in [0.3, 0.4) is 0 Å². The van der Waals surface area contributed by atoms with Gasteiger partial charge >= 0.3 is 11.9 Å².